The van der Waals surface area contributed by atoms with E-state index in [4.69, 9.17) is 11.0 Å². The number of halogens is 2. The van der Waals surface area contributed by atoms with Crippen LogP contribution in [0.25, 0.3) is 11.3 Å². The van der Waals surface area contributed by atoms with Gasteiger partial charge < -0.3 is 5.73 Å². The zero-order chi connectivity index (χ0) is 12.4. The summed E-state index contributed by atoms with van der Waals surface area (Å²) in [5.74, 6) is -1.81. The number of pyridine rings is 1. The Bertz CT molecular complexity index is 618. The van der Waals surface area contributed by atoms with Crippen LogP contribution in [0.5, 0.6) is 0 Å². The van der Waals surface area contributed by atoms with E-state index in [9.17, 15) is 8.78 Å². The molecule has 0 unspecified atom stereocenters. The zero-order valence-electron chi connectivity index (χ0n) is 8.61. The highest BCUT2D eigenvalue weighted by molar-refractivity contribution is 5.63. The summed E-state index contributed by atoms with van der Waals surface area (Å²) in [5, 5.41) is 8.68. The summed E-state index contributed by atoms with van der Waals surface area (Å²) < 4.78 is 25.8. The van der Waals surface area contributed by atoms with Gasteiger partial charge in [0.05, 0.1) is 11.3 Å². The van der Waals surface area contributed by atoms with Gasteiger partial charge in [-0.1, -0.05) is 0 Å². The molecule has 0 radical (unpaired) electrons. The summed E-state index contributed by atoms with van der Waals surface area (Å²) in [6, 6.07) is 8.33. The fourth-order valence-electron chi connectivity index (χ4n) is 1.39. The molecule has 2 rings (SSSR count). The van der Waals surface area contributed by atoms with Crippen molar-refractivity contribution >= 4 is 5.82 Å². The molecule has 0 atom stereocenters. The molecule has 0 aliphatic rings. The van der Waals surface area contributed by atoms with Gasteiger partial charge in [0.15, 0.2) is 11.6 Å². The van der Waals surface area contributed by atoms with E-state index >= 15 is 0 Å². The van der Waals surface area contributed by atoms with Crippen LogP contribution in [0.3, 0.4) is 0 Å². The van der Waals surface area contributed by atoms with Gasteiger partial charge in [0.25, 0.3) is 0 Å². The number of rotatable bonds is 1. The molecule has 17 heavy (non-hydrogen) atoms. The van der Waals surface area contributed by atoms with Crippen LogP contribution < -0.4 is 5.73 Å². The van der Waals surface area contributed by atoms with E-state index in [0.717, 1.165) is 12.1 Å². The number of aromatic nitrogens is 1. The lowest BCUT2D eigenvalue weighted by Gasteiger charge is -2.03. The Balaban J connectivity index is 2.50. The van der Waals surface area contributed by atoms with E-state index in [-0.39, 0.29) is 11.4 Å². The van der Waals surface area contributed by atoms with Crippen molar-refractivity contribution in [2.45, 2.75) is 0 Å². The lowest BCUT2D eigenvalue weighted by Crippen LogP contribution is -1.96. The second-order valence-corrected chi connectivity index (χ2v) is 3.37. The van der Waals surface area contributed by atoms with E-state index in [0.29, 0.717) is 11.3 Å². The zero-order valence-corrected chi connectivity index (χ0v) is 8.61. The second-order valence-electron chi connectivity index (χ2n) is 3.37. The minimum Gasteiger partial charge on any atom is -0.383 e. The van der Waals surface area contributed by atoms with Gasteiger partial charge in [0.1, 0.15) is 11.9 Å². The molecule has 1 aromatic heterocycles. The average Bonchev–Trinajstić information content (AvgIpc) is 2.32. The molecule has 0 amide bonds. The van der Waals surface area contributed by atoms with Crippen LogP contribution in [-0.2, 0) is 0 Å². The Labute approximate surface area is 96.1 Å². The van der Waals surface area contributed by atoms with Crippen LogP contribution >= 0.6 is 0 Å². The maximum Gasteiger partial charge on any atom is 0.159 e. The predicted molar refractivity (Wildman–Crippen MR) is 58.7 cm³/mol. The Hall–Kier alpha value is -2.48. The molecule has 0 aliphatic carbocycles. The van der Waals surface area contributed by atoms with Crippen molar-refractivity contribution in [1.82, 2.24) is 4.98 Å². The molecule has 2 N–H and O–H groups in total. The summed E-state index contributed by atoms with van der Waals surface area (Å²) in [6.07, 6.45) is 0. The van der Waals surface area contributed by atoms with E-state index in [2.05, 4.69) is 4.98 Å². The first-order chi connectivity index (χ1) is 8.11. The predicted octanol–water partition coefficient (Wildman–Crippen LogP) is 2.48. The van der Waals surface area contributed by atoms with Crippen LogP contribution in [0.1, 0.15) is 5.56 Å². The standard InChI is InChI=1S/C12H7F2N3/c13-9-3-1-7(5-10(9)14)11-4-2-8(6-15)12(16)17-11/h1-5H,(H2,16,17). The van der Waals surface area contributed by atoms with Crippen LogP contribution in [-0.4, -0.2) is 4.98 Å². The number of nitrogens with two attached hydrogens (primary N) is 1. The van der Waals surface area contributed by atoms with Crippen LogP contribution in [0.4, 0.5) is 14.6 Å². The quantitative estimate of drug-likeness (QED) is 0.820. The van der Waals surface area contributed by atoms with Crippen molar-refractivity contribution in [3.05, 3.63) is 47.5 Å². The minimum atomic E-state index is -0.952. The summed E-state index contributed by atoms with van der Waals surface area (Å²) >= 11 is 0. The second kappa shape index (κ2) is 4.18. The molecular weight excluding hydrogens is 224 g/mol. The molecule has 3 nitrogen and oxygen atoms in total. The number of nitrogens with zero attached hydrogens (tertiary/aromatic N) is 2. The van der Waals surface area contributed by atoms with Crippen molar-refractivity contribution in [2.24, 2.45) is 0 Å². The Kier molecular flexibility index (Phi) is 2.71. The molecule has 1 aromatic carbocycles. The minimum absolute atomic E-state index is 0.0646. The van der Waals surface area contributed by atoms with Gasteiger partial charge in [-0.05, 0) is 30.3 Å². The SMILES string of the molecule is N#Cc1ccc(-c2ccc(F)c(F)c2)nc1N. The summed E-state index contributed by atoms with van der Waals surface area (Å²) in [7, 11) is 0. The monoisotopic (exact) mass is 231 g/mol. The molecular formula is C12H7F2N3. The molecule has 0 aliphatic heterocycles. The maximum atomic E-state index is 13.0. The van der Waals surface area contributed by atoms with Crippen molar-refractivity contribution in [3.63, 3.8) is 0 Å². The van der Waals surface area contributed by atoms with Crippen LogP contribution in [0, 0.1) is 23.0 Å². The third-order valence-corrected chi connectivity index (χ3v) is 2.26. The number of anilines is 1. The Morgan fingerprint density at radius 2 is 1.88 bits per heavy atom. The molecule has 84 valence electrons. The number of nitriles is 1. The van der Waals surface area contributed by atoms with Gasteiger partial charge in [-0.3, -0.25) is 0 Å². The molecule has 0 fully saturated rings. The number of nitrogen functional groups attached to an aromatic ring is 1. The lowest BCUT2D eigenvalue weighted by atomic mass is 10.1. The Morgan fingerprint density at radius 3 is 2.47 bits per heavy atom. The third kappa shape index (κ3) is 2.06. The highest BCUT2D eigenvalue weighted by Gasteiger charge is 2.07. The summed E-state index contributed by atoms with van der Waals surface area (Å²) in [5.41, 5.74) is 6.57. The molecule has 0 bridgehead atoms. The number of benzene rings is 1. The lowest BCUT2D eigenvalue weighted by molar-refractivity contribution is 0.509. The van der Waals surface area contributed by atoms with Gasteiger partial charge in [-0.2, -0.15) is 5.26 Å². The highest BCUT2D eigenvalue weighted by atomic mass is 19.2. The number of hydrogen-bond acceptors (Lipinski definition) is 3. The number of hydrogen-bond donors (Lipinski definition) is 1. The van der Waals surface area contributed by atoms with Gasteiger partial charge in [-0.25, -0.2) is 13.8 Å². The normalized spacial score (nSPS) is 9.94. The highest BCUT2D eigenvalue weighted by Crippen LogP contribution is 2.21. The van der Waals surface area contributed by atoms with Crippen molar-refractivity contribution in [3.8, 4) is 17.3 Å². The fourth-order valence-corrected chi connectivity index (χ4v) is 1.39. The van der Waals surface area contributed by atoms with Crippen molar-refractivity contribution < 1.29 is 8.78 Å². The van der Waals surface area contributed by atoms with E-state index in [1.807, 2.05) is 6.07 Å². The van der Waals surface area contributed by atoms with E-state index in [1.54, 1.807) is 0 Å². The smallest absolute Gasteiger partial charge is 0.159 e. The third-order valence-electron chi connectivity index (χ3n) is 2.26. The molecule has 5 heteroatoms. The van der Waals surface area contributed by atoms with Crippen molar-refractivity contribution in [1.29, 1.82) is 5.26 Å². The van der Waals surface area contributed by atoms with Gasteiger partial charge in [0.2, 0.25) is 0 Å². The van der Waals surface area contributed by atoms with Gasteiger partial charge >= 0.3 is 0 Å². The molecule has 0 saturated heterocycles. The van der Waals surface area contributed by atoms with Gasteiger partial charge in [-0.15, -0.1) is 0 Å². The van der Waals surface area contributed by atoms with Gasteiger partial charge in [0, 0.05) is 5.56 Å². The van der Waals surface area contributed by atoms with Crippen LogP contribution in [0.15, 0.2) is 30.3 Å². The first-order valence-corrected chi connectivity index (χ1v) is 4.74. The topological polar surface area (TPSA) is 62.7 Å². The van der Waals surface area contributed by atoms with E-state index < -0.39 is 11.6 Å². The maximum absolute atomic E-state index is 13.0. The molecule has 0 saturated carbocycles. The molecule has 1 heterocycles. The van der Waals surface area contributed by atoms with E-state index in [1.165, 1.54) is 18.2 Å². The largest absolute Gasteiger partial charge is 0.383 e. The Morgan fingerprint density at radius 1 is 1.12 bits per heavy atom. The first kappa shape index (κ1) is 11.0. The summed E-state index contributed by atoms with van der Waals surface area (Å²) in [4.78, 5) is 3.95. The molecule has 0 spiro atoms. The van der Waals surface area contributed by atoms with Crippen LogP contribution in [0.2, 0.25) is 0 Å². The van der Waals surface area contributed by atoms with Crippen molar-refractivity contribution in [2.75, 3.05) is 5.73 Å². The average molecular weight is 231 g/mol. The fraction of sp³-hybridized carbons (Fsp3) is 0. The molecule has 2 aromatic rings. The summed E-state index contributed by atoms with van der Waals surface area (Å²) in [6.45, 7) is 0. The first-order valence-electron chi connectivity index (χ1n) is 4.74.